The number of benzene rings is 1. The molecule has 0 bridgehead atoms. The van der Waals surface area contributed by atoms with Crippen LogP contribution in [0, 0.1) is 6.92 Å². The average molecular weight is 260 g/mol. The first kappa shape index (κ1) is 13.1. The maximum absolute atomic E-state index is 11.9. The van der Waals surface area contributed by atoms with Gasteiger partial charge in [0.15, 0.2) is 4.90 Å². The Morgan fingerprint density at radius 3 is 2.61 bits per heavy atom. The van der Waals surface area contributed by atoms with E-state index in [0.29, 0.717) is 6.54 Å². The van der Waals surface area contributed by atoms with Crippen molar-refractivity contribution in [2.45, 2.75) is 18.2 Å². The Bertz CT molecular complexity index is 473. The van der Waals surface area contributed by atoms with Crippen molar-refractivity contribution in [3.63, 3.8) is 0 Å². The first-order valence-electron chi connectivity index (χ1n) is 5.87. The zero-order valence-electron chi connectivity index (χ0n) is 10.3. The van der Waals surface area contributed by atoms with Crippen LogP contribution in [0.25, 0.3) is 0 Å². The number of rotatable bonds is 5. The van der Waals surface area contributed by atoms with Crippen molar-refractivity contribution < 1.29 is 4.55 Å². The van der Waals surface area contributed by atoms with Crippen LogP contribution in [-0.4, -0.2) is 16.1 Å². The summed E-state index contributed by atoms with van der Waals surface area (Å²) in [5.41, 5.74) is 2.18. The Balaban J connectivity index is 1.81. The first-order chi connectivity index (χ1) is 8.75. The fourth-order valence-electron chi connectivity index (χ4n) is 1.56. The largest absolute Gasteiger partial charge is 0.593 e. The lowest BCUT2D eigenvalue weighted by molar-refractivity contribution is 0.580. The molecule has 94 valence electrons. The molecule has 0 aliphatic rings. The molecule has 1 N–H and O–H groups in total. The van der Waals surface area contributed by atoms with E-state index < -0.39 is 11.4 Å². The van der Waals surface area contributed by atoms with Crippen LogP contribution in [0.3, 0.4) is 0 Å². The molecular formula is C14H16N2OS. The predicted molar refractivity (Wildman–Crippen MR) is 73.5 cm³/mol. The van der Waals surface area contributed by atoms with E-state index in [9.17, 15) is 4.55 Å². The molecule has 1 atom stereocenters. The van der Waals surface area contributed by atoms with Crippen LogP contribution in [0.2, 0.25) is 0 Å². The van der Waals surface area contributed by atoms with Gasteiger partial charge < -0.3 is 4.55 Å². The predicted octanol–water partition coefficient (Wildman–Crippen LogP) is 2.24. The van der Waals surface area contributed by atoms with Crippen LogP contribution >= 0.6 is 0 Å². The number of hydrogen-bond donors (Lipinski definition) is 1. The van der Waals surface area contributed by atoms with Gasteiger partial charge in [-0.15, -0.1) is 4.72 Å². The maximum Gasteiger partial charge on any atom is 0.173 e. The van der Waals surface area contributed by atoms with Crippen molar-refractivity contribution >= 4 is 11.4 Å². The van der Waals surface area contributed by atoms with Gasteiger partial charge >= 0.3 is 0 Å². The van der Waals surface area contributed by atoms with Gasteiger partial charge in [-0.3, -0.25) is 4.98 Å². The molecule has 1 unspecified atom stereocenters. The molecule has 1 aromatic carbocycles. The van der Waals surface area contributed by atoms with Crippen LogP contribution in [0.1, 0.15) is 11.3 Å². The Kier molecular flexibility index (Phi) is 4.75. The first-order valence-corrected chi connectivity index (χ1v) is 7.02. The van der Waals surface area contributed by atoms with E-state index in [-0.39, 0.29) is 0 Å². The van der Waals surface area contributed by atoms with Gasteiger partial charge in [0.2, 0.25) is 0 Å². The quantitative estimate of drug-likeness (QED) is 0.839. The summed E-state index contributed by atoms with van der Waals surface area (Å²) in [5, 5.41) is 0. The summed E-state index contributed by atoms with van der Waals surface area (Å²) in [7, 11) is 0. The third-order valence-electron chi connectivity index (χ3n) is 2.58. The molecule has 0 amide bonds. The highest BCUT2D eigenvalue weighted by Gasteiger charge is 2.09. The smallest absolute Gasteiger partial charge is 0.173 e. The average Bonchev–Trinajstić information content (AvgIpc) is 2.40. The lowest BCUT2D eigenvalue weighted by Crippen LogP contribution is -2.26. The van der Waals surface area contributed by atoms with Crippen LogP contribution in [0.4, 0.5) is 0 Å². The monoisotopic (exact) mass is 260 g/mol. The SMILES string of the molecule is Cc1ccc([S+]([O-])NCCc2ccccn2)cc1. The van der Waals surface area contributed by atoms with Crippen molar-refractivity contribution in [3.8, 4) is 0 Å². The van der Waals surface area contributed by atoms with Crippen LogP contribution < -0.4 is 4.72 Å². The standard InChI is InChI=1S/C14H16N2OS/c1-12-5-7-14(8-6-12)18(17)16-11-9-13-4-2-3-10-15-13/h2-8,10,16H,9,11H2,1H3. The molecule has 0 aliphatic carbocycles. The Morgan fingerprint density at radius 1 is 1.17 bits per heavy atom. The van der Waals surface area contributed by atoms with Gasteiger partial charge in [-0.05, 0) is 31.2 Å². The zero-order valence-corrected chi connectivity index (χ0v) is 11.1. The number of aromatic nitrogens is 1. The van der Waals surface area contributed by atoms with Gasteiger partial charge in [-0.1, -0.05) is 23.8 Å². The zero-order chi connectivity index (χ0) is 12.8. The van der Waals surface area contributed by atoms with E-state index in [0.717, 1.165) is 17.0 Å². The van der Waals surface area contributed by atoms with Crippen LogP contribution in [0.5, 0.6) is 0 Å². The number of aryl methyl sites for hydroxylation is 1. The summed E-state index contributed by atoms with van der Waals surface area (Å²) in [5.74, 6) is 0. The molecule has 0 radical (unpaired) electrons. The second-order valence-electron chi connectivity index (χ2n) is 4.05. The van der Waals surface area contributed by atoms with E-state index in [4.69, 9.17) is 0 Å². The summed E-state index contributed by atoms with van der Waals surface area (Å²) < 4.78 is 14.9. The minimum Gasteiger partial charge on any atom is -0.593 e. The van der Waals surface area contributed by atoms with Gasteiger partial charge in [-0.25, -0.2) is 0 Å². The minimum atomic E-state index is -1.14. The highest BCUT2D eigenvalue weighted by Crippen LogP contribution is 2.09. The van der Waals surface area contributed by atoms with E-state index in [1.54, 1.807) is 6.20 Å². The summed E-state index contributed by atoms with van der Waals surface area (Å²) in [4.78, 5) is 5.03. The molecule has 4 heteroatoms. The van der Waals surface area contributed by atoms with Crippen molar-refractivity contribution in [1.82, 2.24) is 9.71 Å². The Hall–Kier alpha value is -1.36. The second-order valence-corrected chi connectivity index (χ2v) is 5.34. The minimum absolute atomic E-state index is 0.650. The third-order valence-corrected chi connectivity index (χ3v) is 3.74. The maximum atomic E-state index is 11.9. The van der Waals surface area contributed by atoms with Crippen LogP contribution in [-0.2, 0) is 17.8 Å². The van der Waals surface area contributed by atoms with E-state index in [1.165, 1.54) is 5.56 Å². The highest BCUT2D eigenvalue weighted by atomic mass is 32.2. The molecule has 2 rings (SSSR count). The van der Waals surface area contributed by atoms with E-state index >= 15 is 0 Å². The number of hydrogen-bond acceptors (Lipinski definition) is 3. The molecule has 0 fully saturated rings. The molecular weight excluding hydrogens is 244 g/mol. The molecule has 0 saturated carbocycles. The number of nitrogens with one attached hydrogen (secondary N) is 1. The van der Waals surface area contributed by atoms with Gasteiger partial charge in [-0.2, -0.15) is 0 Å². The van der Waals surface area contributed by atoms with E-state index in [1.807, 2.05) is 49.4 Å². The van der Waals surface area contributed by atoms with Crippen molar-refractivity contribution in [3.05, 3.63) is 59.9 Å². The van der Waals surface area contributed by atoms with Gasteiger partial charge in [0.1, 0.15) is 0 Å². The van der Waals surface area contributed by atoms with Gasteiger partial charge in [0, 0.05) is 24.9 Å². The Morgan fingerprint density at radius 2 is 1.94 bits per heavy atom. The lowest BCUT2D eigenvalue weighted by atomic mass is 10.2. The fourth-order valence-corrected chi connectivity index (χ4v) is 2.40. The molecule has 1 heterocycles. The van der Waals surface area contributed by atoms with Crippen molar-refractivity contribution in [2.24, 2.45) is 0 Å². The third kappa shape index (κ3) is 3.84. The van der Waals surface area contributed by atoms with Crippen molar-refractivity contribution in [2.75, 3.05) is 6.54 Å². The molecule has 0 saturated heterocycles. The summed E-state index contributed by atoms with van der Waals surface area (Å²) in [6.45, 7) is 2.67. The normalized spacial score (nSPS) is 12.3. The fraction of sp³-hybridized carbons (Fsp3) is 0.214. The summed E-state index contributed by atoms with van der Waals surface area (Å²) in [6, 6.07) is 13.5. The van der Waals surface area contributed by atoms with Crippen LogP contribution in [0.15, 0.2) is 53.6 Å². The molecule has 3 nitrogen and oxygen atoms in total. The summed E-state index contributed by atoms with van der Waals surface area (Å²) in [6.07, 6.45) is 2.55. The van der Waals surface area contributed by atoms with Gasteiger partial charge in [0.25, 0.3) is 0 Å². The molecule has 1 aromatic heterocycles. The number of pyridine rings is 1. The van der Waals surface area contributed by atoms with Gasteiger partial charge in [0.05, 0.1) is 11.4 Å². The molecule has 2 aromatic rings. The highest BCUT2D eigenvalue weighted by molar-refractivity contribution is 7.89. The topological polar surface area (TPSA) is 48.0 Å². The molecule has 0 aliphatic heterocycles. The Labute approximate surface area is 111 Å². The second kappa shape index (κ2) is 6.54. The van der Waals surface area contributed by atoms with Crippen molar-refractivity contribution in [1.29, 1.82) is 0 Å². The lowest BCUT2D eigenvalue weighted by Gasteiger charge is -2.10. The summed E-state index contributed by atoms with van der Waals surface area (Å²) >= 11 is -1.14. The number of nitrogens with zero attached hydrogens (tertiary/aromatic N) is 1. The molecule has 18 heavy (non-hydrogen) atoms. The molecule has 0 spiro atoms. The van der Waals surface area contributed by atoms with E-state index in [2.05, 4.69) is 9.71 Å².